The van der Waals surface area contributed by atoms with Gasteiger partial charge in [-0.05, 0) is 0 Å². The van der Waals surface area contributed by atoms with Gasteiger partial charge in [-0.1, -0.05) is 0 Å². The Bertz CT molecular complexity index is 122. The van der Waals surface area contributed by atoms with Crippen molar-refractivity contribution in [3.05, 3.63) is 10.4 Å². The van der Waals surface area contributed by atoms with Crippen LogP contribution in [-0.2, 0) is 3.07 Å². The SMILES string of the molecule is CN(C)CC[O][Sn][N]=[N+]=[N-]. The van der Waals surface area contributed by atoms with Gasteiger partial charge in [-0.3, -0.25) is 0 Å². The van der Waals surface area contributed by atoms with Gasteiger partial charge < -0.3 is 0 Å². The van der Waals surface area contributed by atoms with Crippen LogP contribution in [0.15, 0.2) is 3.34 Å². The summed E-state index contributed by atoms with van der Waals surface area (Å²) in [5.41, 5.74) is 7.89. The molecule has 0 aliphatic heterocycles. The molecule has 0 saturated carbocycles. The molecule has 2 radical (unpaired) electrons. The molecule has 0 aliphatic carbocycles. The van der Waals surface area contributed by atoms with Crippen LogP contribution in [0, 0.1) is 0 Å². The number of likely N-dealkylation sites (N-methyl/N-ethyl adjacent to an activating group) is 1. The van der Waals surface area contributed by atoms with Crippen LogP contribution in [0.2, 0.25) is 0 Å². The number of nitrogens with zero attached hydrogens (tertiary/aromatic N) is 4. The first-order valence-corrected chi connectivity index (χ1v) is 5.27. The molecule has 0 bridgehead atoms. The molecule has 5 nitrogen and oxygen atoms in total. The van der Waals surface area contributed by atoms with Gasteiger partial charge in [0, 0.05) is 0 Å². The topological polar surface area (TPSA) is 61.2 Å². The van der Waals surface area contributed by atoms with Gasteiger partial charge in [-0.2, -0.15) is 0 Å². The molecule has 0 heterocycles. The molecule has 0 aliphatic rings. The molecule has 10 heavy (non-hydrogen) atoms. The Hall–Kier alpha value is 0.0287. The van der Waals surface area contributed by atoms with Crippen LogP contribution in [0.3, 0.4) is 0 Å². The molecule has 0 aromatic heterocycles. The number of azide groups is 1. The number of rotatable bonds is 5. The third-order valence-corrected chi connectivity index (χ3v) is 2.23. The summed E-state index contributed by atoms with van der Waals surface area (Å²) >= 11 is -1.19. The molecule has 0 rings (SSSR count). The van der Waals surface area contributed by atoms with Crippen LogP contribution in [-0.4, -0.2) is 54.0 Å². The maximum absolute atomic E-state index is 7.89. The van der Waals surface area contributed by atoms with E-state index in [1.807, 2.05) is 19.0 Å². The zero-order valence-electron chi connectivity index (χ0n) is 6.11. The van der Waals surface area contributed by atoms with Crippen LogP contribution in [0.5, 0.6) is 0 Å². The summed E-state index contributed by atoms with van der Waals surface area (Å²) in [6.45, 7) is 1.57. The standard InChI is InChI=1S/C4H10NO.N3.Sn/c1-5(2)3-4-6;1-3-2;/h3-4H2,1-2H3;;/q2*-1;+2. The van der Waals surface area contributed by atoms with Crippen molar-refractivity contribution in [2.75, 3.05) is 27.2 Å². The van der Waals surface area contributed by atoms with E-state index in [1.165, 1.54) is 0 Å². The van der Waals surface area contributed by atoms with Gasteiger partial charge in [-0.15, -0.1) is 0 Å². The summed E-state index contributed by atoms with van der Waals surface area (Å²) < 4.78 is 8.47. The van der Waals surface area contributed by atoms with Crippen LogP contribution in [0.25, 0.3) is 10.4 Å². The summed E-state index contributed by atoms with van der Waals surface area (Å²) in [6.07, 6.45) is 0. The molecule has 0 unspecified atom stereocenters. The van der Waals surface area contributed by atoms with Crippen molar-refractivity contribution in [1.29, 1.82) is 0 Å². The maximum atomic E-state index is 7.89. The van der Waals surface area contributed by atoms with Crippen LogP contribution >= 0.6 is 0 Å². The van der Waals surface area contributed by atoms with E-state index in [2.05, 4.69) is 8.25 Å². The molecular formula is C4H10N4OSn. The molecule has 56 valence electrons. The Morgan fingerprint density at radius 1 is 1.70 bits per heavy atom. The summed E-state index contributed by atoms with van der Waals surface area (Å²) in [4.78, 5) is 4.64. The van der Waals surface area contributed by atoms with Crippen molar-refractivity contribution in [1.82, 2.24) is 4.90 Å². The van der Waals surface area contributed by atoms with E-state index in [1.54, 1.807) is 0 Å². The van der Waals surface area contributed by atoms with Gasteiger partial charge in [0.25, 0.3) is 0 Å². The molecule has 0 saturated heterocycles. The van der Waals surface area contributed by atoms with Crippen LogP contribution < -0.4 is 0 Å². The average molecular weight is 249 g/mol. The second-order valence-corrected chi connectivity index (χ2v) is 3.85. The van der Waals surface area contributed by atoms with Gasteiger partial charge in [0.1, 0.15) is 0 Å². The van der Waals surface area contributed by atoms with Crippen molar-refractivity contribution in [2.45, 2.75) is 0 Å². The van der Waals surface area contributed by atoms with E-state index < -0.39 is 21.8 Å². The molecule has 0 fully saturated rings. The monoisotopic (exact) mass is 250 g/mol. The fraction of sp³-hybridized carbons (Fsp3) is 1.00. The minimum absolute atomic E-state index is 0.679. The minimum atomic E-state index is -1.19. The normalized spacial score (nSPS) is 9.50. The van der Waals surface area contributed by atoms with E-state index >= 15 is 0 Å². The van der Waals surface area contributed by atoms with Crippen LogP contribution in [0.4, 0.5) is 0 Å². The summed E-state index contributed by atoms with van der Waals surface area (Å²) in [5.74, 6) is 0. The fourth-order valence-electron chi connectivity index (χ4n) is 0.321. The zero-order valence-corrected chi connectivity index (χ0v) is 8.97. The molecule has 0 aromatic rings. The van der Waals surface area contributed by atoms with Crippen molar-refractivity contribution in [2.24, 2.45) is 3.34 Å². The van der Waals surface area contributed by atoms with Crippen LogP contribution in [0.1, 0.15) is 0 Å². The Kier molecular flexibility index (Phi) is 7.16. The van der Waals surface area contributed by atoms with Gasteiger partial charge in [0.05, 0.1) is 0 Å². The predicted molar refractivity (Wildman–Crippen MR) is 39.4 cm³/mol. The average Bonchev–Trinajstić information content (AvgIpc) is 1.87. The van der Waals surface area contributed by atoms with Gasteiger partial charge in [-0.25, -0.2) is 0 Å². The van der Waals surface area contributed by atoms with E-state index in [0.717, 1.165) is 6.54 Å². The molecule has 0 spiro atoms. The predicted octanol–water partition coefficient (Wildman–Crippen LogP) is 0.409. The Morgan fingerprint density at radius 2 is 2.40 bits per heavy atom. The van der Waals surface area contributed by atoms with E-state index in [4.69, 9.17) is 8.61 Å². The summed E-state index contributed by atoms with van der Waals surface area (Å²) in [6, 6.07) is 0. The quantitative estimate of drug-likeness (QED) is 0.233. The third-order valence-electron chi connectivity index (χ3n) is 0.791. The third kappa shape index (κ3) is 8.03. The van der Waals surface area contributed by atoms with Crippen molar-refractivity contribution < 1.29 is 3.07 Å². The molecule has 0 aromatic carbocycles. The van der Waals surface area contributed by atoms with Crippen molar-refractivity contribution in [3.8, 4) is 0 Å². The molecule has 0 N–H and O–H groups in total. The first-order chi connectivity index (χ1) is 4.77. The Morgan fingerprint density at radius 3 is 2.90 bits per heavy atom. The first-order valence-electron chi connectivity index (χ1n) is 2.83. The molecule has 0 atom stereocenters. The van der Waals surface area contributed by atoms with Gasteiger partial charge >= 0.3 is 70.8 Å². The van der Waals surface area contributed by atoms with E-state index in [-0.39, 0.29) is 0 Å². The first kappa shape index (κ1) is 10.0. The zero-order chi connectivity index (χ0) is 7.82. The van der Waals surface area contributed by atoms with Gasteiger partial charge in [0.15, 0.2) is 0 Å². The Labute approximate surface area is 71.1 Å². The number of hydrogen-bond acceptors (Lipinski definition) is 3. The Balaban J connectivity index is 2.98. The molecule has 6 heteroatoms. The van der Waals surface area contributed by atoms with E-state index in [0.29, 0.717) is 6.61 Å². The number of hydrogen-bond donors (Lipinski definition) is 0. The van der Waals surface area contributed by atoms with Crippen molar-refractivity contribution in [3.63, 3.8) is 0 Å². The van der Waals surface area contributed by atoms with E-state index in [9.17, 15) is 0 Å². The molecular weight excluding hydrogens is 239 g/mol. The molecule has 0 amide bonds. The summed E-state index contributed by atoms with van der Waals surface area (Å²) in [5, 5.41) is 0. The second kappa shape index (κ2) is 7.14. The van der Waals surface area contributed by atoms with Gasteiger partial charge in [0.2, 0.25) is 0 Å². The fourth-order valence-corrected chi connectivity index (χ4v) is 1.11. The summed E-state index contributed by atoms with van der Waals surface area (Å²) in [7, 11) is 3.95. The van der Waals surface area contributed by atoms with Crippen molar-refractivity contribution >= 4 is 21.8 Å². The second-order valence-electron chi connectivity index (χ2n) is 1.93.